The van der Waals surface area contributed by atoms with Gasteiger partial charge in [0.1, 0.15) is 5.00 Å². The highest BCUT2D eigenvalue weighted by Gasteiger charge is 2.32. The molecule has 0 aliphatic heterocycles. The standard InChI is InChI=1S/C28H21NO2S/c1-18-14-19(2)16-21(15-18)29(20-8-4-3-5-9-20)26-13-12-22(32-26)17-25-27(30)23-10-6-7-11-24(23)28(25)31/h3-17H,1-2H3. The molecule has 0 saturated carbocycles. The van der Waals surface area contributed by atoms with Gasteiger partial charge in [-0.25, -0.2) is 0 Å². The lowest BCUT2D eigenvalue weighted by Crippen LogP contribution is -2.08. The number of hydrogen-bond donors (Lipinski definition) is 0. The second-order valence-electron chi connectivity index (χ2n) is 7.95. The average molecular weight is 436 g/mol. The fraction of sp³-hybridized carbons (Fsp3) is 0.0714. The van der Waals surface area contributed by atoms with Crippen molar-refractivity contribution in [3.05, 3.63) is 118 Å². The van der Waals surface area contributed by atoms with Crippen LogP contribution in [-0.4, -0.2) is 11.6 Å². The van der Waals surface area contributed by atoms with Crippen LogP contribution in [-0.2, 0) is 0 Å². The Labute approximate surface area is 191 Å². The molecule has 0 unspecified atom stereocenters. The number of aryl methyl sites for hydroxylation is 2. The van der Waals surface area contributed by atoms with Gasteiger partial charge in [0, 0.05) is 27.4 Å². The molecule has 1 aliphatic carbocycles. The van der Waals surface area contributed by atoms with Crippen LogP contribution in [0.1, 0.15) is 36.7 Å². The molecule has 5 rings (SSSR count). The van der Waals surface area contributed by atoms with Gasteiger partial charge in [-0.3, -0.25) is 9.59 Å². The van der Waals surface area contributed by atoms with Crippen molar-refractivity contribution < 1.29 is 9.59 Å². The van der Waals surface area contributed by atoms with Crippen molar-refractivity contribution in [1.82, 2.24) is 0 Å². The van der Waals surface area contributed by atoms with Crippen molar-refractivity contribution in [3.8, 4) is 0 Å². The molecular formula is C28H21NO2S. The van der Waals surface area contributed by atoms with Crippen molar-refractivity contribution in [3.63, 3.8) is 0 Å². The molecule has 1 heterocycles. The molecule has 4 aromatic rings. The fourth-order valence-corrected chi connectivity index (χ4v) is 5.14. The van der Waals surface area contributed by atoms with Crippen LogP contribution in [0.25, 0.3) is 6.08 Å². The van der Waals surface area contributed by atoms with Crippen LogP contribution in [0.3, 0.4) is 0 Å². The molecule has 3 nitrogen and oxygen atoms in total. The number of allylic oxidation sites excluding steroid dienone is 1. The molecule has 0 N–H and O–H groups in total. The van der Waals surface area contributed by atoms with E-state index in [9.17, 15) is 9.59 Å². The van der Waals surface area contributed by atoms with Gasteiger partial charge in [0.05, 0.1) is 5.57 Å². The van der Waals surface area contributed by atoms with Gasteiger partial charge in [-0.15, -0.1) is 11.3 Å². The number of nitrogens with zero attached hydrogens (tertiary/aromatic N) is 1. The number of ketones is 2. The molecule has 32 heavy (non-hydrogen) atoms. The summed E-state index contributed by atoms with van der Waals surface area (Å²) in [6, 6.07) is 27.7. The van der Waals surface area contributed by atoms with Gasteiger partial charge in [-0.05, 0) is 67.4 Å². The molecule has 0 fully saturated rings. The Morgan fingerprint density at radius 1 is 0.688 bits per heavy atom. The average Bonchev–Trinajstić information content (AvgIpc) is 3.33. The first-order valence-corrected chi connectivity index (χ1v) is 11.3. The van der Waals surface area contributed by atoms with Crippen LogP contribution in [0, 0.1) is 13.8 Å². The van der Waals surface area contributed by atoms with E-state index in [4.69, 9.17) is 0 Å². The predicted octanol–water partition coefficient (Wildman–Crippen LogP) is 7.30. The molecule has 1 aliphatic rings. The Balaban J connectivity index is 1.56. The van der Waals surface area contributed by atoms with Gasteiger partial charge in [0.15, 0.2) is 11.6 Å². The van der Waals surface area contributed by atoms with E-state index >= 15 is 0 Å². The second-order valence-corrected chi connectivity index (χ2v) is 9.05. The van der Waals surface area contributed by atoms with E-state index in [0.29, 0.717) is 11.1 Å². The molecule has 0 bridgehead atoms. The van der Waals surface area contributed by atoms with Gasteiger partial charge >= 0.3 is 0 Å². The maximum absolute atomic E-state index is 12.8. The summed E-state index contributed by atoms with van der Waals surface area (Å²) in [5.74, 6) is -0.399. The van der Waals surface area contributed by atoms with Crippen LogP contribution in [0.15, 0.2) is 90.5 Å². The van der Waals surface area contributed by atoms with E-state index in [2.05, 4.69) is 49.1 Å². The van der Waals surface area contributed by atoms with Crippen LogP contribution in [0.5, 0.6) is 0 Å². The summed E-state index contributed by atoms with van der Waals surface area (Å²) in [5, 5.41) is 1.02. The van der Waals surface area contributed by atoms with Gasteiger partial charge in [-0.2, -0.15) is 0 Å². The van der Waals surface area contributed by atoms with E-state index in [-0.39, 0.29) is 17.1 Å². The third-order valence-corrected chi connectivity index (χ3v) is 6.52. The van der Waals surface area contributed by atoms with Crippen molar-refractivity contribution in [2.24, 2.45) is 0 Å². The molecule has 0 radical (unpaired) electrons. The van der Waals surface area contributed by atoms with Crippen molar-refractivity contribution in [1.29, 1.82) is 0 Å². The zero-order valence-electron chi connectivity index (χ0n) is 17.8. The summed E-state index contributed by atoms with van der Waals surface area (Å²) >= 11 is 1.56. The third-order valence-electron chi connectivity index (χ3n) is 5.50. The first-order valence-electron chi connectivity index (χ1n) is 10.4. The zero-order chi connectivity index (χ0) is 22.2. The molecule has 1 aromatic heterocycles. The maximum atomic E-state index is 12.8. The van der Waals surface area contributed by atoms with E-state index < -0.39 is 0 Å². The van der Waals surface area contributed by atoms with Gasteiger partial charge in [0.25, 0.3) is 0 Å². The number of anilines is 3. The van der Waals surface area contributed by atoms with Crippen molar-refractivity contribution in [2.45, 2.75) is 13.8 Å². The summed E-state index contributed by atoms with van der Waals surface area (Å²) in [5.41, 5.74) is 5.73. The second kappa shape index (κ2) is 8.06. The highest BCUT2D eigenvalue weighted by molar-refractivity contribution is 7.17. The topological polar surface area (TPSA) is 37.4 Å². The number of thiophene rings is 1. The molecule has 4 heteroatoms. The lowest BCUT2D eigenvalue weighted by molar-refractivity contribution is 0.0990. The summed E-state index contributed by atoms with van der Waals surface area (Å²) in [4.78, 5) is 28.6. The number of rotatable bonds is 4. The molecular weight excluding hydrogens is 414 g/mol. The van der Waals surface area contributed by atoms with Gasteiger partial charge in [0.2, 0.25) is 0 Å². The third kappa shape index (κ3) is 3.59. The lowest BCUT2D eigenvalue weighted by Gasteiger charge is -2.24. The van der Waals surface area contributed by atoms with E-state index in [1.807, 2.05) is 30.3 Å². The van der Waals surface area contributed by atoms with E-state index in [0.717, 1.165) is 21.3 Å². The maximum Gasteiger partial charge on any atom is 0.197 e. The highest BCUT2D eigenvalue weighted by atomic mass is 32.1. The first-order chi connectivity index (χ1) is 15.5. The Morgan fingerprint density at radius 3 is 1.91 bits per heavy atom. The number of carbonyl (C=O) groups is 2. The number of carbonyl (C=O) groups excluding carboxylic acids is 2. The lowest BCUT2D eigenvalue weighted by atomic mass is 10.1. The minimum atomic E-state index is -0.199. The summed E-state index contributed by atoms with van der Waals surface area (Å²) in [7, 11) is 0. The quantitative estimate of drug-likeness (QED) is 0.249. The first kappa shape index (κ1) is 20.2. The molecule has 0 saturated heterocycles. The Morgan fingerprint density at radius 2 is 1.28 bits per heavy atom. The Kier molecular flexibility index (Phi) is 5.08. The smallest absolute Gasteiger partial charge is 0.197 e. The molecule has 156 valence electrons. The monoisotopic (exact) mass is 435 g/mol. The normalized spacial score (nSPS) is 12.8. The number of hydrogen-bond acceptors (Lipinski definition) is 4. The summed E-state index contributed by atoms with van der Waals surface area (Å²) < 4.78 is 0. The number of para-hydroxylation sites is 1. The van der Waals surface area contributed by atoms with E-state index in [1.54, 1.807) is 41.7 Å². The van der Waals surface area contributed by atoms with Gasteiger partial charge in [-0.1, -0.05) is 48.5 Å². The molecule has 0 amide bonds. The predicted molar refractivity (Wildman–Crippen MR) is 132 cm³/mol. The van der Waals surface area contributed by atoms with E-state index in [1.165, 1.54) is 11.1 Å². The number of fused-ring (bicyclic) bond motifs is 1. The molecule has 3 aromatic carbocycles. The highest BCUT2D eigenvalue weighted by Crippen LogP contribution is 2.40. The minimum Gasteiger partial charge on any atom is -0.302 e. The van der Waals surface area contributed by atoms with Crippen LogP contribution >= 0.6 is 11.3 Å². The number of benzene rings is 3. The SMILES string of the molecule is Cc1cc(C)cc(N(c2ccccc2)c2ccc(C=C3C(=O)c4ccccc4C3=O)s2)c1. The minimum absolute atomic E-state index is 0.199. The van der Waals surface area contributed by atoms with Crippen molar-refractivity contribution >= 4 is 45.4 Å². The Bertz CT molecular complexity index is 1320. The molecule has 0 spiro atoms. The summed E-state index contributed by atoms with van der Waals surface area (Å²) in [6.45, 7) is 4.19. The zero-order valence-corrected chi connectivity index (χ0v) is 18.6. The Hall–Kier alpha value is -3.76. The summed E-state index contributed by atoms with van der Waals surface area (Å²) in [6.07, 6.45) is 1.73. The van der Waals surface area contributed by atoms with Crippen LogP contribution < -0.4 is 4.90 Å². The number of Topliss-reactive ketones (excluding diaryl/α,β-unsaturated/α-hetero) is 2. The van der Waals surface area contributed by atoms with Gasteiger partial charge < -0.3 is 4.90 Å². The fourth-order valence-electron chi connectivity index (χ4n) is 4.15. The van der Waals surface area contributed by atoms with Crippen LogP contribution in [0.2, 0.25) is 0 Å². The molecule has 0 atom stereocenters. The largest absolute Gasteiger partial charge is 0.302 e. The van der Waals surface area contributed by atoms with Crippen LogP contribution in [0.4, 0.5) is 16.4 Å². The van der Waals surface area contributed by atoms with Crippen molar-refractivity contribution in [2.75, 3.05) is 4.90 Å².